The number of aromatic nitrogens is 2. The molecule has 108 valence electrons. The number of hydrogen-bond acceptors (Lipinski definition) is 5. The fraction of sp³-hybridized carbons (Fsp3) is 0.467. The van der Waals surface area contributed by atoms with Gasteiger partial charge in [-0.05, 0) is 14.0 Å². The van der Waals surface area contributed by atoms with Gasteiger partial charge in [0.15, 0.2) is 5.82 Å². The molecule has 1 heterocycles. The van der Waals surface area contributed by atoms with E-state index in [1.807, 2.05) is 19.1 Å². The van der Waals surface area contributed by atoms with Crippen LogP contribution in [-0.2, 0) is 4.74 Å². The van der Waals surface area contributed by atoms with Crippen molar-refractivity contribution in [2.24, 2.45) is 0 Å². The van der Waals surface area contributed by atoms with Crippen molar-refractivity contribution >= 4 is 16.6 Å². The first-order chi connectivity index (χ1) is 9.72. The highest BCUT2D eigenvalue weighted by molar-refractivity contribution is 5.92. The molecule has 20 heavy (non-hydrogen) atoms. The van der Waals surface area contributed by atoms with Crippen LogP contribution >= 0.6 is 0 Å². The van der Waals surface area contributed by atoms with E-state index in [4.69, 9.17) is 4.74 Å². The molecule has 0 amide bonds. The topological polar surface area (TPSA) is 50.3 Å². The Morgan fingerprint density at radius 1 is 1.15 bits per heavy atom. The smallest absolute Gasteiger partial charge is 0.156 e. The van der Waals surface area contributed by atoms with Crippen LogP contribution in [0.4, 0.5) is 5.82 Å². The Hall–Kier alpha value is -1.72. The monoisotopic (exact) mass is 274 g/mol. The third kappa shape index (κ3) is 3.65. The first-order valence-corrected chi connectivity index (χ1v) is 6.85. The van der Waals surface area contributed by atoms with Crippen molar-refractivity contribution in [1.82, 2.24) is 15.1 Å². The summed E-state index contributed by atoms with van der Waals surface area (Å²) in [5.41, 5.74) is 0.961. The molecule has 1 aromatic heterocycles. The number of ether oxygens (including phenoxy) is 1. The van der Waals surface area contributed by atoms with Gasteiger partial charge in [-0.1, -0.05) is 24.3 Å². The molecule has 0 aliphatic carbocycles. The number of likely N-dealkylation sites (N-methyl/N-ethyl adjacent to an activating group) is 1. The van der Waals surface area contributed by atoms with E-state index in [9.17, 15) is 0 Å². The van der Waals surface area contributed by atoms with Gasteiger partial charge in [-0.2, -0.15) is 5.10 Å². The second-order valence-electron chi connectivity index (χ2n) is 4.90. The molecule has 1 aromatic carbocycles. The lowest BCUT2D eigenvalue weighted by Gasteiger charge is -2.16. The Bertz CT molecular complexity index is 559. The summed E-state index contributed by atoms with van der Waals surface area (Å²) in [5, 5.41) is 14.1. The number of hydrogen-bond donors (Lipinski definition) is 1. The predicted molar refractivity (Wildman–Crippen MR) is 82.1 cm³/mol. The number of benzene rings is 1. The number of methoxy groups -OCH3 is 1. The van der Waals surface area contributed by atoms with Gasteiger partial charge in [0.2, 0.25) is 0 Å². The van der Waals surface area contributed by atoms with Gasteiger partial charge in [-0.25, -0.2) is 0 Å². The fourth-order valence-corrected chi connectivity index (χ4v) is 2.09. The molecule has 2 aromatic rings. The van der Waals surface area contributed by atoms with Gasteiger partial charge >= 0.3 is 0 Å². The molecule has 0 saturated carbocycles. The Morgan fingerprint density at radius 2 is 1.90 bits per heavy atom. The summed E-state index contributed by atoms with van der Waals surface area (Å²) >= 11 is 0. The quantitative estimate of drug-likeness (QED) is 0.836. The van der Waals surface area contributed by atoms with Crippen LogP contribution in [-0.4, -0.2) is 55.5 Å². The van der Waals surface area contributed by atoms with Crippen molar-refractivity contribution in [3.8, 4) is 0 Å². The third-order valence-corrected chi connectivity index (χ3v) is 3.34. The summed E-state index contributed by atoms with van der Waals surface area (Å²) < 4.78 is 5.06. The maximum Gasteiger partial charge on any atom is 0.156 e. The van der Waals surface area contributed by atoms with Gasteiger partial charge in [-0.15, -0.1) is 5.10 Å². The minimum Gasteiger partial charge on any atom is -0.383 e. The van der Waals surface area contributed by atoms with E-state index in [0.717, 1.165) is 48.5 Å². The molecule has 5 nitrogen and oxygen atoms in total. The first-order valence-electron chi connectivity index (χ1n) is 6.85. The number of aryl methyl sites for hydroxylation is 1. The molecular weight excluding hydrogens is 252 g/mol. The van der Waals surface area contributed by atoms with Crippen molar-refractivity contribution in [1.29, 1.82) is 0 Å². The highest BCUT2D eigenvalue weighted by Gasteiger charge is 2.05. The number of nitrogens with one attached hydrogen (secondary N) is 1. The average Bonchev–Trinajstić information content (AvgIpc) is 2.48. The summed E-state index contributed by atoms with van der Waals surface area (Å²) in [7, 11) is 3.81. The Morgan fingerprint density at radius 3 is 2.65 bits per heavy atom. The zero-order valence-electron chi connectivity index (χ0n) is 12.4. The third-order valence-electron chi connectivity index (χ3n) is 3.34. The van der Waals surface area contributed by atoms with E-state index in [2.05, 4.69) is 39.6 Å². The van der Waals surface area contributed by atoms with Crippen LogP contribution in [0.15, 0.2) is 24.3 Å². The van der Waals surface area contributed by atoms with Crippen LogP contribution in [0.5, 0.6) is 0 Å². The number of fused-ring (bicyclic) bond motifs is 1. The minimum absolute atomic E-state index is 0.754. The largest absolute Gasteiger partial charge is 0.383 e. The highest BCUT2D eigenvalue weighted by Crippen LogP contribution is 2.21. The van der Waals surface area contributed by atoms with Crippen LogP contribution < -0.4 is 5.32 Å². The lowest BCUT2D eigenvalue weighted by atomic mass is 10.1. The number of anilines is 1. The van der Waals surface area contributed by atoms with Crippen LogP contribution in [0.3, 0.4) is 0 Å². The van der Waals surface area contributed by atoms with Gasteiger partial charge < -0.3 is 15.0 Å². The molecular formula is C15H22N4O. The van der Waals surface area contributed by atoms with Gasteiger partial charge in [0.05, 0.1) is 12.3 Å². The zero-order chi connectivity index (χ0) is 14.4. The molecule has 0 radical (unpaired) electrons. The van der Waals surface area contributed by atoms with E-state index in [1.54, 1.807) is 7.11 Å². The van der Waals surface area contributed by atoms with Crippen molar-refractivity contribution in [2.75, 3.05) is 45.7 Å². The first kappa shape index (κ1) is 14.7. The lowest BCUT2D eigenvalue weighted by Crippen LogP contribution is -2.28. The summed E-state index contributed by atoms with van der Waals surface area (Å²) in [5.74, 6) is 0.853. The van der Waals surface area contributed by atoms with Gasteiger partial charge in [0.1, 0.15) is 0 Å². The fourth-order valence-electron chi connectivity index (χ4n) is 2.09. The van der Waals surface area contributed by atoms with Crippen molar-refractivity contribution in [3.63, 3.8) is 0 Å². The number of rotatable bonds is 7. The van der Waals surface area contributed by atoms with Crippen LogP contribution in [0.25, 0.3) is 10.8 Å². The van der Waals surface area contributed by atoms with Crippen molar-refractivity contribution in [3.05, 3.63) is 30.0 Å². The minimum atomic E-state index is 0.754. The van der Waals surface area contributed by atoms with Gasteiger partial charge in [0, 0.05) is 37.5 Å². The molecule has 5 heteroatoms. The summed E-state index contributed by atoms with van der Waals surface area (Å²) in [6.07, 6.45) is 0. The molecule has 0 bridgehead atoms. The number of nitrogens with zero attached hydrogens (tertiary/aromatic N) is 3. The molecule has 1 N–H and O–H groups in total. The maximum atomic E-state index is 5.06. The van der Waals surface area contributed by atoms with Gasteiger partial charge in [-0.3, -0.25) is 0 Å². The van der Waals surface area contributed by atoms with E-state index >= 15 is 0 Å². The Kier molecular flexibility index (Phi) is 5.26. The average molecular weight is 274 g/mol. The predicted octanol–water partition coefficient (Wildman–Crippen LogP) is 1.93. The summed E-state index contributed by atoms with van der Waals surface area (Å²) in [6.45, 7) is 5.44. The summed E-state index contributed by atoms with van der Waals surface area (Å²) in [4.78, 5) is 2.22. The Labute approximate surface area is 119 Å². The maximum absolute atomic E-state index is 5.06. The van der Waals surface area contributed by atoms with Crippen LogP contribution in [0, 0.1) is 6.92 Å². The highest BCUT2D eigenvalue weighted by atomic mass is 16.5. The van der Waals surface area contributed by atoms with Crippen molar-refractivity contribution < 1.29 is 4.74 Å². The molecule has 2 rings (SSSR count). The molecule has 0 fully saturated rings. The molecule has 0 aliphatic rings. The molecule has 0 aliphatic heterocycles. The second-order valence-corrected chi connectivity index (χ2v) is 4.90. The SMILES string of the molecule is COCCN(C)CCNc1nnc(C)c2ccccc12. The van der Waals surface area contributed by atoms with E-state index in [-0.39, 0.29) is 0 Å². The second kappa shape index (κ2) is 7.17. The van der Waals surface area contributed by atoms with Gasteiger partial charge in [0.25, 0.3) is 0 Å². The standard InChI is InChI=1S/C15H22N4O/c1-12-13-6-4-5-7-14(13)15(18-17-12)16-8-9-19(2)10-11-20-3/h4-7H,8-11H2,1-3H3,(H,16,18). The van der Waals surface area contributed by atoms with Crippen molar-refractivity contribution in [2.45, 2.75) is 6.92 Å². The van der Waals surface area contributed by atoms with Crippen LogP contribution in [0.2, 0.25) is 0 Å². The Balaban J connectivity index is 1.98. The molecule has 0 atom stereocenters. The normalized spacial score (nSPS) is 11.2. The molecule has 0 saturated heterocycles. The zero-order valence-corrected chi connectivity index (χ0v) is 12.4. The lowest BCUT2D eigenvalue weighted by molar-refractivity contribution is 0.163. The van der Waals surface area contributed by atoms with E-state index in [1.165, 1.54) is 0 Å². The summed E-state index contributed by atoms with van der Waals surface area (Å²) in [6, 6.07) is 8.21. The van der Waals surface area contributed by atoms with Crippen LogP contribution in [0.1, 0.15) is 5.69 Å². The molecule has 0 unspecified atom stereocenters. The molecule has 0 spiro atoms. The van der Waals surface area contributed by atoms with E-state index < -0.39 is 0 Å². The van der Waals surface area contributed by atoms with E-state index in [0.29, 0.717) is 0 Å².